The maximum absolute atomic E-state index is 11.9. The lowest BCUT2D eigenvalue weighted by atomic mass is 9.99. The topological polar surface area (TPSA) is 41.6 Å². The van der Waals surface area contributed by atoms with E-state index in [1.54, 1.807) is 0 Å². The first-order valence-corrected chi connectivity index (χ1v) is 6.56. The minimum atomic E-state index is -0.597. The van der Waals surface area contributed by atoms with E-state index < -0.39 is 5.54 Å². The van der Waals surface area contributed by atoms with Crippen molar-refractivity contribution in [2.24, 2.45) is 0 Å². The maximum Gasteiger partial charge on any atom is 0.327 e. The fraction of sp³-hybridized carbons (Fsp3) is 0.923. The third-order valence-corrected chi connectivity index (χ3v) is 3.23. The van der Waals surface area contributed by atoms with E-state index in [2.05, 4.69) is 24.1 Å². The molecule has 0 amide bonds. The van der Waals surface area contributed by atoms with Gasteiger partial charge in [0.1, 0.15) is 5.54 Å². The average Bonchev–Trinajstić information content (AvgIpc) is 2.28. The van der Waals surface area contributed by atoms with Gasteiger partial charge in [-0.2, -0.15) is 0 Å². The van der Waals surface area contributed by atoms with Gasteiger partial charge < -0.3 is 9.64 Å². The lowest BCUT2D eigenvalue weighted by molar-refractivity contribution is -0.149. The minimum Gasteiger partial charge on any atom is -0.468 e. The number of hydrogen-bond donors (Lipinski definition) is 1. The van der Waals surface area contributed by atoms with E-state index in [9.17, 15) is 4.79 Å². The van der Waals surface area contributed by atoms with Crippen LogP contribution in [0.25, 0.3) is 0 Å². The number of rotatable bonds is 5. The molecule has 1 N–H and O–H groups in total. The van der Waals surface area contributed by atoms with Crippen LogP contribution >= 0.6 is 0 Å². The Morgan fingerprint density at radius 3 is 2.41 bits per heavy atom. The summed E-state index contributed by atoms with van der Waals surface area (Å²) in [6.07, 6.45) is 3.78. The number of esters is 1. The Morgan fingerprint density at radius 2 is 1.94 bits per heavy atom. The molecule has 4 nitrogen and oxygen atoms in total. The van der Waals surface area contributed by atoms with Crippen LogP contribution < -0.4 is 5.32 Å². The summed E-state index contributed by atoms with van der Waals surface area (Å²) in [6.45, 7) is 8.96. The number of methoxy groups -OCH3 is 1. The van der Waals surface area contributed by atoms with Crippen molar-refractivity contribution < 1.29 is 9.53 Å². The number of nitrogens with one attached hydrogen (secondary N) is 1. The summed E-state index contributed by atoms with van der Waals surface area (Å²) >= 11 is 0. The lowest BCUT2D eigenvalue weighted by Gasteiger charge is -2.37. The number of carbonyl (C=O) groups is 1. The van der Waals surface area contributed by atoms with Crippen LogP contribution in [0.5, 0.6) is 0 Å². The summed E-state index contributed by atoms with van der Waals surface area (Å²) in [4.78, 5) is 14.3. The molecule has 1 unspecified atom stereocenters. The number of carbonyl (C=O) groups excluding carboxylic acids is 1. The van der Waals surface area contributed by atoms with E-state index in [1.807, 2.05) is 6.92 Å². The summed E-state index contributed by atoms with van der Waals surface area (Å²) in [7, 11) is 1.46. The van der Waals surface area contributed by atoms with Crippen molar-refractivity contribution in [3.63, 3.8) is 0 Å². The third kappa shape index (κ3) is 4.28. The fourth-order valence-corrected chi connectivity index (χ4v) is 2.60. The van der Waals surface area contributed by atoms with Gasteiger partial charge in [-0.05, 0) is 46.7 Å². The molecule has 0 aromatic rings. The van der Waals surface area contributed by atoms with Gasteiger partial charge in [0.05, 0.1) is 7.11 Å². The summed E-state index contributed by atoms with van der Waals surface area (Å²) < 4.78 is 4.93. The van der Waals surface area contributed by atoms with Crippen LogP contribution in [-0.4, -0.2) is 49.2 Å². The Morgan fingerprint density at radius 1 is 1.35 bits per heavy atom. The van der Waals surface area contributed by atoms with Gasteiger partial charge in [0.25, 0.3) is 0 Å². The van der Waals surface area contributed by atoms with Crippen molar-refractivity contribution >= 4 is 5.97 Å². The Bertz CT molecular complexity index is 250. The molecule has 100 valence electrons. The molecular weight excluding hydrogens is 216 g/mol. The van der Waals surface area contributed by atoms with E-state index in [0.717, 1.165) is 19.6 Å². The smallest absolute Gasteiger partial charge is 0.327 e. The highest BCUT2D eigenvalue weighted by Gasteiger charge is 2.36. The van der Waals surface area contributed by atoms with Crippen LogP contribution in [0.4, 0.5) is 0 Å². The van der Waals surface area contributed by atoms with E-state index in [-0.39, 0.29) is 12.0 Å². The number of ether oxygens (including phenoxy) is 1. The summed E-state index contributed by atoms with van der Waals surface area (Å²) in [5, 5.41) is 3.34. The Labute approximate surface area is 105 Å². The molecular formula is C13H26N2O2. The molecule has 1 aliphatic heterocycles. The number of likely N-dealkylation sites (tertiary alicyclic amines) is 1. The van der Waals surface area contributed by atoms with E-state index >= 15 is 0 Å². The molecule has 0 aromatic heterocycles. The Hall–Kier alpha value is -0.610. The number of hydrogen-bond acceptors (Lipinski definition) is 4. The lowest BCUT2D eigenvalue weighted by Crippen LogP contribution is -2.59. The summed E-state index contributed by atoms with van der Waals surface area (Å²) in [5.74, 6) is -0.170. The molecule has 0 saturated carbocycles. The van der Waals surface area contributed by atoms with Crippen LogP contribution in [0.15, 0.2) is 0 Å². The van der Waals surface area contributed by atoms with Gasteiger partial charge in [-0.25, -0.2) is 0 Å². The average molecular weight is 242 g/mol. The van der Waals surface area contributed by atoms with Crippen LogP contribution in [0.3, 0.4) is 0 Å². The first-order valence-electron chi connectivity index (χ1n) is 6.56. The molecule has 1 heterocycles. The molecule has 1 atom stereocenters. The van der Waals surface area contributed by atoms with Gasteiger partial charge in [0.2, 0.25) is 0 Å². The molecule has 0 aliphatic carbocycles. The first-order chi connectivity index (χ1) is 7.98. The fourth-order valence-electron chi connectivity index (χ4n) is 2.60. The van der Waals surface area contributed by atoms with Crippen molar-refractivity contribution in [1.82, 2.24) is 10.2 Å². The zero-order valence-corrected chi connectivity index (χ0v) is 11.6. The van der Waals surface area contributed by atoms with E-state index in [0.29, 0.717) is 0 Å². The molecule has 17 heavy (non-hydrogen) atoms. The van der Waals surface area contributed by atoms with Crippen LogP contribution in [-0.2, 0) is 9.53 Å². The summed E-state index contributed by atoms with van der Waals surface area (Å²) in [6, 6.07) is 0.267. The van der Waals surface area contributed by atoms with Gasteiger partial charge in [-0.3, -0.25) is 10.1 Å². The van der Waals surface area contributed by atoms with Gasteiger partial charge in [-0.15, -0.1) is 0 Å². The van der Waals surface area contributed by atoms with Gasteiger partial charge >= 0.3 is 5.97 Å². The third-order valence-electron chi connectivity index (χ3n) is 3.23. The largest absolute Gasteiger partial charge is 0.468 e. The van der Waals surface area contributed by atoms with E-state index in [4.69, 9.17) is 4.74 Å². The quantitative estimate of drug-likeness (QED) is 0.740. The predicted octanol–water partition coefficient (Wildman–Crippen LogP) is 1.40. The Balaban J connectivity index is 2.64. The molecule has 0 spiro atoms. The number of piperidine rings is 1. The van der Waals surface area contributed by atoms with Crippen molar-refractivity contribution in [3.8, 4) is 0 Å². The van der Waals surface area contributed by atoms with Crippen molar-refractivity contribution in [2.45, 2.75) is 51.6 Å². The molecule has 0 bridgehead atoms. The van der Waals surface area contributed by atoms with Crippen LogP contribution in [0.1, 0.15) is 40.0 Å². The second-order valence-corrected chi connectivity index (χ2v) is 5.46. The van der Waals surface area contributed by atoms with Crippen LogP contribution in [0, 0.1) is 0 Å². The standard InChI is InChI=1S/C13H26N2O2/c1-11(2)14-13(3,12(16)17-4)10-15-8-6-5-7-9-15/h11,14H,5-10H2,1-4H3. The highest BCUT2D eigenvalue weighted by atomic mass is 16.5. The molecule has 1 fully saturated rings. The number of nitrogens with zero attached hydrogens (tertiary/aromatic N) is 1. The first kappa shape index (κ1) is 14.5. The normalized spacial score (nSPS) is 21.2. The highest BCUT2D eigenvalue weighted by Crippen LogP contribution is 2.15. The second kappa shape index (κ2) is 6.36. The Kier molecular flexibility index (Phi) is 5.40. The highest BCUT2D eigenvalue weighted by molar-refractivity contribution is 5.80. The van der Waals surface area contributed by atoms with Gasteiger partial charge in [0.15, 0.2) is 0 Å². The van der Waals surface area contributed by atoms with E-state index in [1.165, 1.54) is 26.4 Å². The van der Waals surface area contributed by atoms with Crippen LogP contribution in [0.2, 0.25) is 0 Å². The maximum atomic E-state index is 11.9. The van der Waals surface area contributed by atoms with Gasteiger partial charge in [0, 0.05) is 12.6 Å². The molecule has 1 rings (SSSR count). The summed E-state index contributed by atoms with van der Waals surface area (Å²) in [5.41, 5.74) is -0.597. The zero-order valence-electron chi connectivity index (χ0n) is 11.6. The second-order valence-electron chi connectivity index (χ2n) is 5.46. The molecule has 4 heteroatoms. The molecule has 0 aromatic carbocycles. The zero-order chi connectivity index (χ0) is 12.9. The SMILES string of the molecule is COC(=O)C(C)(CN1CCCCC1)NC(C)C. The monoisotopic (exact) mass is 242 g/mol. The van der Waals surface area contributed by atoms with Gasteiger partial charge in [-0.1, -0.05) is 6.42 Å². The minimum absolute atomic E-state index is 0.170. The molecule has 0 radical (unpaired) electrons. The van der Waals surface area contributed by atoms with Crippen molar-refractivity contribution in [1.29, 1.82) is 0 Å². The van der Waals surface area contributed by atoms with Crippen molar-refractivity contribution in [3.05, 3.63) is 0 Å². The predicted molar refractivity (Wildman–Crippen MR) is 69.0 cm³/mol. The molecule has 1 saturated heterocycles. The molecule has 1 aliphatic rings. The van der Waals surface area contributed by atoms with Crippen molar-refractivity contribution in [2.75, 3.05) is 26.7 Å².